The van der Waals surface area contributed by atoms with Crippen LogP contribution < -0.4 is 15.2 Å². The van der Waals surface area contributed by atoms with Crippen molar-refractivity contribution in [2.24, 2.45) is 5.73 Å². The van der Waals surface area contributed by atoms with Crippen LogP contribution in [-0.2, 0) is 0 Å². The minimum atomic E-state index is -0.286. The number of benzene rings is 2. The van der Waals surface area contributed by atoms with Gasteiger partial charge in [0.05, 0.1) is 7.11 Å². The fourth-order valence-electron chi connectivity index (χ4n) is 2.56. The zero-order valence-electron chi connectivity index (χ0n) is 11.5. The highest BCUT2D eigenvalue weighted by molar-refractivity contribution is 9.10. The van der Waals surface area contributed by atoms with Crippen LogP contribution >= 0.6 is 15.9 Å². The summed E-state index contributed by atoms with van der Waals surface area (Å²) in [6.45, 7) is 0. The lowest BCUT2D eigenvalue weighted by Gasteiger charge is -2.31. The minimum absolute atomic E-state index is 0.177. The maximum atomic E-state index is 13.5. The SMILES string of the molecule is COc1ccc2c(c1)[C@@H](N)CC(c1cc(F)ccc1Br)O2. The highest BCUT2D eigenvalue weighted by Gasteiger charge is 2.29. The molecule has 0 radical (unpaired) electrons. The van der Waals surface area contributed by atoms with Crippen LogP contribution in [0.4, 0.5) is 4.39 Å². The van der Waals surface area contributed by atoms with Crippen molar-refractivity contribution < 1.29 is 13.9 Å². The van der Waals surface area contributed by atoms with Crippen LogP contribution in [-0.4, -0.2) is 7.11 Å². The third kappa shape index (κ3) is 2.76. The number of hydrogen-bond acceptors (Lipinski definition) is 3. The van der Waals surface area contributed by atoms with Gasteiger partial charge in [-0.1, -0.05) is 15.9 Å². The van der Waals surface area contributed by atoms with Crippen molar-refractivity contribution in [3.63, 3.8) is 0 Å². The molecule has 2 atom stereocenters. The van der Waals surface area contributed by atoms with Gasteiger partial charge in [0.1, 0.15) is 23.4 Å². The fraction of sp³-hybridized carbons (Fsp3) is 0.250. The topological polar surface area (TPSA) is 44.5 Å². The average Bonchev–Trinajstić information content (AvgIpc) is 2.49. The molecule has 5 heteroatoms. The minimum Gasteiger partial charge on any atom is -0.497 e. The Morgan fingerprint density at radius 1 is 1.24 bits per heavy atom. The Hall–Kier alpha value is -1.59. The number of halogens is 2. The van der Waals surface area contributed by atoms with E-state index in [2.05, 4.69) is 15.9 Å². The van der Waals surface area contributed by atoms with E-state index in [-0.39, 0.29) is 18.0 Å². The second kappa shape index (κ2) is 5.66. The average molecular weight is 352 g/mol. The van der Waals surface area contributed by atoms with Crippen LogP contribution in [0.15, 0.2) is 40.9 Å². The Bertz CT molecular complexity index is 677. The lowest BCUT2D eigenvalue weighted by Crippen LogP contribution is -2.24. The largest absolute Gasteiger partial charge is 0.497 e. The van der Waals surface area contributed by atoms with E-state index < -0.39 is 0 Å². The van der Waals surface area contributed by atoms with E-state index in [1.807, 2.05) is 18.2 Å². The van der Waals surface area contributed by atoms with Crippen molar-refractivity contribution in [2.75, 3.05) is 7.11 Å². The molecule has 0 saturated carbocycles. The number of hydrogen-bond donors (Lipinski definition) is 1. The Morgan fingerprint density at radius 3 is 2.81 bits per heavy atom. The van der Waals surface area contributed by atoms with Gasteiger partial charge in [-0.3, -0.25) is 0 Å². The van der Waals surface area contributed by atoms with E-state index in [0.717, 1.165) is 27.1 Å². The van der Waals surface area contributed by atoms with Gasteiger partial charge in [-0.25, -0.2) is 4.39 Å². The van der Waals surface area contributed by atoms with Crippen molar-refractivity contribution >= 4 is 15.9 Å². The first-order valence-corrected chi connectivity index (χ1v) is 7.43. The molecule has 0 amide bonds. The standard InChI is InChI=1S/C16H15BrFNO2/c1-20-10-3-5-15-12(7-10)14(19)8-16(21-15)11-6-9(18)2-4-13(11)17/h2-7,14,16H,8,19H2,1H3/t14-,16?/m0/s1. The Labute approximate surface area is 131 Å². The summed E-state index contributed by atoms with van der Waals surface area (Å²) in [5, 5.41) is 0. The lowest BCUT2D eigenvalue weighted by atomic mass is 9.93. The first-order chi connectivity index (χ1) is 10.1. The van der Waals surface area contributed by atoms with Gasteiger partial charge >= 0.3 is 0 Å². The molecule has 0 saturated heterocycles. The zero-order chi connectivity index (χ0) is 15.0. The van der Waals surface area contributed by atoms with Crippen molar-refractivity contribution in [3.8, 4) is 11.5 Å². The quantitative estimate of drug-likeness (QED) is 0.884. The van der Waals surface area contributed by atoms with Crippen molar-refractivity contribution in [3.05, 3.63) is 57.8 Å². The summed E-state index contributed by atoms with van der Waals surface area (Å²) < 4.78 is 25.5. The smallest absolute Gasteiger partial charge is 0.127 e. The van der Waals surface area contributed by atoms with E-state index in [0.29, 0.717) is 6.42 Å². The number of methoxy groups -OCH3 is 1. The van der Waals surface area contributed by atoms with Gasteiger partial charge < -0.3 is 15.2 Å². The molecule has 0 aromatic heterocycles. The van der Waals surface area contributed by atoms with Crippen molar-refractivity contribution in [1.82, 2.24) is 0 Å². The van der Waals surface area contributed by atoms with Crippen LogP contribution in [0.1, 0.15) is 29.7 Å². The molecule has 1 heterocycles. The summed E-state index contributed by atoms with van der Waals surface area (Å²) >= 11 is 3.44. The van der Waals surface area contributed by atoms with Crippen LogP contribution in [0.3, 0.4) is 0 Å². The number of fused-ring (bicyclic) bond motifs is 1. The molecule has 3 nitrogen and oxygen atoms in total. The molecule has 0 bridgehead atoms. The van der Waals surface area contributed by atoms with Gasteiger partial charge in [0.2, 0.25) is 0 Å². The van der Waals surface area contributed by atoms with Crippen LogP contribution in [0, 0.1) is 5.82 Å². The maximum Gasteiger partial charge on any atom is 0.127 e. The van der Waals surface area contributed by atoms with Crippen molar-refractivity contribution in [2.45, 2.75) is 18.6 Å². The molecule has 0 spiro atoms. The van der Waals surface area contributed by atoms with Gasteiger partial charge in [-0.2, -0.15) is 0 Å². The molecule has 3 rings (SSSR count). The zero-order valence-corrected chi connectivity index (χ0v) is 13.1. The van der Waals surface area contributed by atoms with Gasteiger partial charge in [0.25, 0.3) is 0 Å². The molecule has 2 aromatic rings. The molecular formula is C16H15BrFNO2. The second-order valence-electron chi connectivity index (χ2n) is 5.02. The molecular weight excluding hydrogens is 337 g/mol. The predicted molar refractivity (Wildman–Crippen MR) is 82.0 cm³/mol. The molecule has 1 aliphatic rings. The summed E-state index contributed by atoms with van der Waals surface area (Å²) in [5.74, 6) is 1.18. The highest BCUT2D eigenvalue weighted by atomic mass is 79.9. The van der Waals surface area contributed by atoms with Crippen LogP contribution in [0.25, 0.3) is 0 Å². The van der Waals surface area contributed by atoms with Gasteiger partial charge in [-0.15, -0.1) is 0 Å². The predicted octanol–water partition coefficient (Wildman–Crippen LogP) is 4.12. The van der Waals surface area contributed by atoms with E-state index in [1.54, 1.807) is 13.2 Å². The van der Waals surface area contributed by atoms with Gasteiger partial charge in [-0.05, 0) is 36.4 Å². The van der Waals surface area contributed by atoms with Crippen molar-refractivity contribution in [1.29, 1.82) is 0 Å². The number of rotatable bonds is 2. The normalized spacial score (nSPS) is 20.6. The Balaban J connectivity index is 1.96. The van der Waals surface area contributed by atoms with Crippen LogP contribution in [0.5, 0.6) is 11.5 Å². The fourth-order valence-corrected chi connectivity index (χ4v) is 3.06. The molecule has 2 N–H and O–H groups in total. The first-order valence-electron chi connectivity index (χ1n) is 6.63. The molecule has 1 unspecified atom stereocenters. The molecule has 0 fully saturated rings. The summed E-state index contributed by atoms with van der Waals surface area (Å²) in [6.07, 6.45) is 0.313. The van der Waals surface area contributed by atoms with E-state index in [9.17, 15) is 4.39 Å². The van der Waals surface area contributed by atoms with E-state index in [4.69, 9.17) is 15.2 Å². The summed E-state index contributed by atoms with van der Waals surface area (Å²) in [5.41, 5.74) is 7.93. The Kier molecular flexibility index (Phi) is 3.87. The lowest BCUT2D eigenvalue weighted by molar-refractivity contribution is 0.160. The summed E-state index contributed by atoms with van der Waals surface area (Å²) in [7, 11) is 1.61. The monoisotopic (exact) mass is 351 g/mol. The van der Waals surface area contributed by atoms with Gasteiger partial charge in [0.15, 0.2) is 0 Å². The summed E-state index contributed by atoms with van der Waals surface area (Å²) in [6, 6.07) is 9.96. The molecule has 21 heavy (non-hydrogen) atoms. The van der Waals surface area contributed by atoms with Gasteiger partial charge in [0, 0.05) is 28.1 Å². The number of nitrogens with two attached hydrogens (primary N) is 1. The Morgan fingerprint density at radius 2 is 2.05 bits per heavy atom. The molecule has 110 valence electrons. The highest BCUT2D eigenvalue weighted by Crippen LogP contribution is 2.42. The van der Waals surface area contributed by atoms with E-state index in [1.165, 1.54) is 12.1 Å². The maximum absolute atomic E-state index is 13.5. The number of ether oxygens (including phenoxy) is 2. The van der Waals surface area contributed by atoms with E-state index >= 15 is 0 Å². The second-order valence-corrected chi connectivity index (χ2v) is 5.87. The molecule has 2 aromatic carbocycles. The molecule has 1 aliphatic heterocycles. The third-order valence-corrected chi connectivity index (χ3v) is 4.38. The third-order valence-electron chi connectivity index (χ3n) is 3.66. The first kappa shape index (κ1) is 14.4. The van der Waals surface area contributed by atoms with Crippen LogP contribution in [0.2, 0.25) is 0 Å². The molecule has 0 aliphatic carbocycles. The summed E-state index contributed by atoms with van der Waals surface area (Å²) in [4.78, 5) is 0.